The Morgan fingerprint density at radius 2 is 2.23 bits per heavy atom. The van der Waals surface area contributed by atoms with Gasteiger partial charge < -0.3 is 10.4 Å². The molecule has 0 fully saturated rings. The second kappa shape index (κ2) is 3.18. The van der Waals surface area contributed by atoms with Crippen molar-refractivity contribution in [3.8, 4) is 0 Å². The summed E-state index contributed by atoms with van der Waals surface area (Å²) in [6.45, 7) is 0. The molecule has 1 heterocycles. The van der Waals surface area contributed by atoms with Crippen LogP contribution in [-0.2, 0) is 4.79 Å². The molecule has 2 rings (SSSR count). The lowest BCUT2D eigenvalue weighted by Gasteiger charge is -2.09. The number of hydrogen-bond acceptors (Lipinski definition) is 2. The summed E-state index contributed by atoms with van der Waals surface area (Å²) in [7, 11) is 0. The number of carbonyl (C=O) groups excluding carboxylic acids is 1. The van der Waals surface area contributed by atoms with Gasteiger partial charge in [0.05, 0.1) is 6.10 Å². The minimum atomic E-state index is -0.768. The van der Waals surface area contributed by atoms with Gasteiger partial charge in [0.15, 0.2) is 0 Å². The molecule has 0 aliphatic carbocycles. The zero-order chi connectivity index (χ0) is 9.26. The Balaban J connectivity index is 2.43. The van der Waals surface area contributed by atoms with Crippen LogP contribution < -0.4 is 5.32 Å². The van der Waals surface area contributed by atoms with Crippen molar-refractivity contribution >= 4 is 11.6 Å². The molecule has 0 saturated heterocycles. The standard InChI is InChI=1S/C10H9NO2/c12-9-5-6-10(13)11-8-4-2-1-3-7(8)9/h1-4,9,12H,6H2,(H,11,13). The van der Waals surface area contributed by atoms with Crippen LogP contribution in [0.2, 0.25) is 0 Å². The van der Waals surface area contributed by atoms with Crippen LogP contribution in [0.4, 0.5) is 5.69 Å². The predicted octanol–water partition coefficient (Wildman–Crippen LogP) is 1.14. The molecule has 0 bridgehead atoms. The van der Waals surface area contributed by atoms with E-state index in [-0.39, 0.29) is 12.3 Å². The van der Waals surface area contributed by atoms with Gasteiger partial charge >= 0.3 is 0 Å². The first kappa shape index (κ1) is 8.26. The highest BCUT2D eigenvalue weighted by atomic mass is 16.3. The molecule has 3 nitrogen and oxygen atoms in total. The van der Waals surface area contributed by atoms with Crippen LogP contribution in [0, 0.1) is 6.42 Å². The van der Waals surface area contributed by atoms with Gasteiger partial charge in [0, 0.05) is 24.1 Å². The Kier molecular flexibility index (Phi) is 2.02. The quantitative estimate of drug-likeness (QED) is 0.621. The summed E-state index contributed by atoms with van der Waals surface area (Å²) in [4.78, 5) is 11.1. The fraction of sp³-hybridized carbons (Fsp3) is 0.200. The highest BCUT2D eigenvalue weighted by Gasteiger charge is 2.19. The summed E-state index contributed by atoms with van der Waals surface area (Å²) in [5.74, 6) is -0.135. The third-order valence-corrected chi connectivity index (χ3v) is 1.99. The van der Waals surface area contributed by atoms with Gasteiger partial charge in [0.2, 0.25) is 5.91 Å². The van der Waals surface area contributed by atoms with Gasteiger partial charge in [-0.1, -0.05) is 18.2 Å². The number of nitrogens with one attached hydrogen (secondary N) is 1. The summed E-state index contributed by atoms with van der Waals surface area (Å²) >= 11 is 0. The van der Waals surface area contributed by atoms with E-state index in [2.05, 4.69) is 11.7 Å². The normalized spacial score (nSPS) is 21.6. The van der Waals surface area contributed by atoms with Crippen molar-refractivity contribution in [3.05, 3.63) is 36.2 Å². The van der Waals surface area contributed by atoms with Crippen LogP contribution in [0.1, 0.15) is 18.1 Å². The number of aliphatic hydroxyl groups excluding tert-OH is 1. The number of fused-ring (bicyclic) bond motifs is 1. The summed E-state index contributed by atoms with van der Waals surface area (Å²) in [5.41, 5.74) is 1.37. The van der Waals surface area contributed by atoms with Crippen molar-refractivity contribution in [1.82, 2.24) is 0 Å². The molecule has 0 aromatic heterocycles. The molecule has 1 atom stereocenters. The van der Waals surface area contributed by atoms with Crippen molar-refractivity contribution < 1.29 is 9.90 Å². The van der Waals surface area contributed by atoms with Crippen LogP contribution in [0.3, 0.4) is 0 Å². The molecule has 3 heteroatoms. The molecule has 1 aromatic carbocycles. The molecule has 0 spiro atoms. The van der Waals surface area contributed by atoms with Gasteiger partial charge in [-0.25, -0.2) is 0 Å². The maximum atomic E-state index is 11.1. The van der Waals surface area contributed by atoms with E-state index < -0.39 is 6.10 Å². The summed E-state index contributed by atoms with van der Waals surface area (Å²) in [5, 5.41) is 12.2. The monoisotopic (exact) mass is 175 g/mol. The van der Waals surface area contributed by atoms with Crippen molar-refractivity contribution in [3.63, 3.8) is 0 Å². The molecule has 1 amide bonds. The lowest BCUT2D eigenvalue weighted by atomic mass is 10.1. The second-order valence-electron chi connectivity index (χ2n) is 2.92. The van der Waals surface area contributed by atoms with Crippen LogP contribution in [0.25, 0.3) is 0 Å². The molecule has 2 radical (unpaired) electrons. The Hall–Kier alpha value is -1.35. The second-order valence-corrected chi connectivity index (χ2v) is 2.92. The Labute approximate surface area is 76.4 Å². The minimum Gasteiger partial charge on any atom is -0.388 e. The van der Waals surface area contributed by atoms with E-state index in [1.54, 1.807) is 12.1 Å². The molecule has 66 valence electrons. The zero-order valence-electron chi connectivity index (χ0n) is 6.95. The molecule has 0 saturated carbocycles. The van der Waals surface area contributed by atoms with E-state index in [0.29, 0.717) is 11.3 Å². The fourth-order valence-corrected chi connectivity index (χ4v) is 1.34. The van der Waals surface area contributed by atoms with Crippen molar-refractivity contribution in [1.29, 1.82) is 0 Å². The van der Waals surface area contributed by atoms with E-state index in [0.717, 1.165) is 0 Å². The fourth-order valence-electron chi connectivity index (χ4n) is 1.34. The minimum absolute atomic E-state index is 0.135. The Morgan fingerprint density at radius 1 is 1.46 bits per heavy atom. The maximum absolute atomic E-state index is 11.1. The molecule has 2 N–H and O–H groups in total. The third-order valence-electron chi connectivity index (χ3n) is 1.99. The van der Waals surface area contributed by atoms with E-state index >= 15 is 0 Å². The molecule has 1 aliphatic rings. The highest BCUT2D eigenvalue weighted by Crippen LogP contribution is 2.28. The first-order valence-corrected chi connectivity index (χ1v) is 4.07. The van der Waals surface area contributed by atoms with Crippen LogP contribution >= 0.6 is 0 Å². The van der Waals surface area contributed by atoms with Gasteiger partial charge in [0.25, 0.3) is 0 Å². The maximum Gasteiger partial charge on any atom is 0.225 e. The van der Waals surface area contributed by atoms with Crippen molar-refractivity contribution in [2.75, 3.05) is 5.32 Å². The van der Waals surface area contributed by atoms with Gasteiger partial charge in [-0.2, -0.15) is 0 Å². The number of hydrogen-bond donors (Lipinski definition) is 2. The molecule has 1 aromatic rings. The van der Waals surface area contributed by atoms with E-state index in [1.807, 2.05) is 12.1 Å². The smallest absolute Gasteiger partial charge is 0.225 e. The predicted molar refractivity (Wildman–Crippen MR) is 47.9 cm³/mol. The number of carbonyl (C=O) groups is 1. The van der Waals surface area contributed by atoms with E-state index in [9.17, 15) is 9.90 Å². The number of aliphatic hydroxyl groups is 1. The van der Waals surface area contributed by atoms with Crippen LogP contribution in [-0.4, -0.2) is 11.0 Å². The first-order valence-electron chi connectivity index (χ1n) is 4.07. The molecule has 1 aliphatic heterocycles. The Bertz CT molecular complexity index is 335. The Morgan fingerprint density at radius 3 is 3.08 bits per heavy atom. The lowest BCUT2D eigenvalue weighted by Crippen LogP contribution is -2.08. The van der Waals surface area contributed by atoms with Gasteiger partial charge in [-0.15, -0.1) is 0 Å². The third kappa shape index (κ3) is 1.55. The first-order chi connectivity index (χ1) is 6.27. The van der Waals surface area contributed by atoms with E-state index in [4.69, 9.17) is 0 Å². The average molecular weight is 175 g/mol. The molecule has 1 unspecified atom stereocenters. The molecular weight excluding hydrogens is 166 g/mol. The highest BCUT2D eigenvalue weighted by molar-refractivity contribution is 5.93. The number of para-hydroxylation sites is 1. The van der Waals surface area contributed by atoms with Crippen molar-refractivity contribution in [2.24, 2.45) is 0 Å². The number of amides is 1. The number of anilines is 1. The zero-order valence-corrected chi connectivity index (χ0v) is 6.95. The van der Waals surface area contributed by atoms with Crippen LogP contribution in [0.5, 0.6) is 0 Å². The average Bonchev–Trinajstić information content (AvgIpc) is 2.27. The van der Waals surface area contributed by atoms with Gasteiger partial charge in [-0.05, 0) is 6.07 Å². The van der Waals surface area contributed by atoms with Gasteiger partial charge in [0.1, 0.15) is 0 Å². The largest absolute Gasteiger partial charge is 0.388 e. The van der Waals surface area contributed by atoms with E-state index in [1.165, 1.54) is 0 Å². The van der Waals surface area contributed by atoms with Gasteiger partial charge in [-0.3, -0.25) is 4.79 Å². The molecular formula is C10H9NO2. The topological polar surface area (TPSA) is 49.3 Å². The SMILES string of the molecule is O=C1C[C]C(O)c2ccccc2N1. The summed E-state index contributed by atoms with van der Waals surface area (Å²) < 4.78 is 0. The summed E-state index contributed by atoms with van der Waals surface area (Å²) in [6, 6.07) is 7.18. The lowest BCUT2D eigenvalue weighted by molar-refractivity contribution is -0.115. The molecule has 13 heavy (non-hydrogen) atoms. The number of rotatable bonds is 0. The summed E-state index contributed by atoms with van der Waals surface area (Å²) in [6.07, 6.45) is 2.06. The van der Waals surface area contributed by atoms with Crippen molar-refractivity contribution in [2.45, 2.75) is 12.5 Å². The van der Waals surface area contributed by atoms with Crippen LogP contribution in [0.15, 0.2) is 24.3 Å². The number of benzene rings is 1.